The Balaban J connectivity index is 2.12. The summed E-state index contributed by atoms with van der Waals surface area (Å²) in [7, 11) is 0. The van der Waals surface area contributed by atoms with E-state index in [2.05, 4.69) is 4.74 Å². The van der Waals surface area contributed by atoms with Crippen molar-refractivity contribution in [1.82, 2.24) is 0 Å². The van der Waals surface area contributed by atoms with Crippen molar-refractivity contribution in [3.63, 3.8) is 0 Å². The summed E-state index contributed by atoms with van der Waals surface area (Å²) >= 11 is 0. The minimum Gasteiger partial charge on any atom is -0.426 e. The molecule has 22 heavy (non-hydrogen) atoms. The van der Waals surface area contributed by atoms with Crippen molar-refractivity contribution >= 4 is 5.97 Å². The highest BCUT2D eigenvalue weighted by atomic mass is 19.2. The Hall–Kier alpha value is -1.85. The SMILES string of the molecule is CC=CC1C(C(=O)OC(F)c2ccc(F)c(F)c2F)C1(C)C. The number of rotatable bonds is 4. The van der Waals surface area contributed by atoms with Crippen LogP contribution in [0.1, 0.15) is 32.7 Å². The maximum absolute atomic E-state index is 13.9. The Labute approximate surface area is 125 Å². The van der Waals surface area contributed by atoms with Gasteiger partial charge in [-0.05, 0) is 30.4 Å². The van der Waals surface area contributed by atoms with Crippen LogP contribution in [0.25, 0.3) is 0 Å². The molecule has 1 saturated carbocycles. The van der Waals surface area contributed by atoms with Crippen molar-refractivity contribution in [3.8, 4) is 0 Å². The summed E-state index contributed by atoms with van der Waals surface area (Å²) in [4.78, 5) is 12.0. The lowest BCUT2D eigenvalue weighted by molar-refractivity contribution is -0.161. The van der Waals surface area contributed by atoms with Gasteiger partial charge in [0.15, 0.2) is 17.5 Å². The predicted octanol–water partition coefficient (Wildman–Crippen LogP) is 4.46. The van der Waals surface area contributed by atoms with Crippen LogP contribution in [0.15, 0.2) is 24.3 Å². The maximum Gasteiger partial charge on any atom is 0.312 e. The molecule has 0 aliphatic heterocycles. The molecular weight excluding hydrogens is 300 g/mol. The van der Waals surface area contributed by atoms with Gasteiger partial charge in [-0.1, -0.05) is 26.0 Å². The summed E-state index contributed by atoms with van der Waals surface area (Å²) in [6, 6.07) is 1.30. The molecule has 0 spiro atoms. The van der Waals surface area contributed by atoms with Crippen LogP contribution in [-0.2, 0) is 9.53 Å². The van der Waals surface area contributed by atoms with Crippen molar-refractivity contribution in [1.29, 1.82) is 0 Å². The van der Waals surface area contributed by atoms with Crippen LogP contribution in [0, 0.1) is 34.7 Å². The summed E-state index contributed by atoms with van der Waals surface area (Å²) in [5, 5.41) is 0. The first-order valence-corrected chi connectivity index (χ1v) is 6.82. The van der Waals surface area contributed by atoms with Gasteiger partial charge >= 0.3 is 5.97 Å². The van der Waals surface area contributed by atoms with Crippen molar-refractivity contribution in [2.45, 2.75) is 27.1 Å². The molecule has 2 rings (SSSR count). The second kappa shape index (κ2) is 5.74. The Morgan fingerprint density at radius 3 is 2.50 bits per heavy atom. The normalized spacial score (nSPS) is 24.3. The molecule has 0 aromatic heterocycles. The summed E-state index contributed by atoms with van der Waals surface area (Å²) < 4.78 is 57.9. The molecule has 3 unspecified atom stereocenters. The number of allylic oxidation sites excluding steroid dienone is 2. The van der Waals surface area contributed by atoms with Gasteiger partial charge in [-0.2, -0.15) is 4.39 Å². The minimum absolute atomic E-state index is 0.0907. The van der Waals surface area contributed by atoms with Gasteiger partial charge in [-0.25, -0.2) is 13.2 Å². The highest BCUT2D eigenvalue weighted by molar-refractivity contribution is 5.78. The van der Waals surface area contributed by atoms with Gasteiger partial charge in [0, 0.05) is 0 Å². The first-order chi connectivity index (χ1) is 10.2. The van der Waals surface area contributed by atoms with Crippen LogP contribution < -0.4 is 0 Å². The first kappa shape index (κ1) is 16.5. The molecule has 0 amide bonds. The van der Waals surface area contributed by atoms with Crippen molar-refractivity contribution in [3.05, 3.63) is 47.3 Å². The standard InChI is InChI=1S/C16H16F4O2/c1-4-5-9-11(16(9,2)3)15(21)22-14(20)8-6-7-10(17)13(19)12(8)18/h4-7,9,11,14H,1-3H3. The van der Waals surface area contributed by atoms with Gasteiger partial charge in [-0.15, -0.1) is 0 Å². The van der Waals surface area contributed by atoms with E-state index in [0.29, 0.717) is 12.1 Å². The molecule has 3 atom stereocenters. The van der Waals surface area contributed by atoms with E-state index in [9.17, 15) is 22.4 Å². The Morgan fingerprint density at radius 2 is 1.91 bits per heavy atom. The van der Waals surface area contributed by atoms with Crippen LogP contribution in [-0.4, -0.2) is 5.97 Å². The molecule has 1 aromatic rings. The lowest BCUT2D eigenvalue weighted by Crippen LogP contribution is -2.14. The number of esters is 1. The fourth-order valence-electron chi connectivity index (χ4n) is 2.65. The summed E-state index contributed by atoms with van der Waals surface area (Å²) in [6.45, 7) is 5.45. The van der Waals surface area contributed by atoms with Crippen molar-refractivity contribution < 1.29 is 27.1 Å². The fourth-order valence-corrected chi connectivity index (χ4v) is 2.65. The summed E-state index contributed by atoms with van der Waals surface area (Å²) in [5.41, 5.74) is -1.22. The Kier molecular flexibility index (Phi) is 4.31. The molecule has 120 valence electrons. The number of benzene rings is 1. The summed E-state index contributed by atoms with van der Waals surface area (Å²) in [5.74, 6) is -6.39. The fraction of sp³-hybridized carbons (Fsp3) is 0.438. The van der Waals surface area contributed by atoms with Gasteiger partial charge in [-0.3, -0.25) is 4.79 Å². The molecule has 6 heteroatoms. The van der Waals surface area contributed by atoms with E-state index in [-0.39, 0.29) is 11.3 Å². The van der Waals surface area contributed by atoms with E-state index in [4.69, 9.17) is 0 Å². The molecule has 1 aromatic carbocycles. The Bertz CT molecular complexity index is 625. The van der Waals surface area contributed by atoms with E-state index in [1.165, 1.54) is 0 Å². The lowest BCUT2D eigenvalue weighted by atomic mass is 10.1. The molecule has 1 fully saturated rings. The zero-order valence-electron chi connectivity index (χ0n) is 12.4. The van der Waals surface area contributed by atoms with Gasteiger partial charge in [0.25, 0.3) is 6.36 Å². The second-order valence-corrected chi connectivity index (χ2v) is 5.87. The number of alkyl halides is 1. The van der Waals surface area contributed by atoms with Crippen molar-refractivity contribution in [2.75, 3.05) is 0 Å². The van der Waals surface area contributed by atoms with Gasteiger partial charge in [0.05, 0.1) is 11.5 Å². The molecule has 0 heterocycles. The van der Waals surface area contributed by atoms with Crippen LogP contribution in [0.5, 0.6) is 0 Å². The van der Waals surface area contributed by atoms with Gasteiger partial charge in [0.1, 0.15) is 0 Å². The largest absolute Gasteiger partial charge is 0.426 e. The van der Waals surface area contributed by atoms with Crippen LogP contribution in [0.2, 0.25) is 0 Å². The quantitative estimate of drug-likeness (QED) is 0.355. The number of hydrogen-bond acceptors (Lipinski definition) is 2. The topological polar surface area (TPSA) is 26.3 Å². The van der Waals surface area contributed by atoms with E-state index in [1.54, 1.807) is 13.0 Å². The second-order valence-electron chi connectivity index (χ2n) is 5.87. The minimum atomic E-state index is -2.48. The molecule has 2 nitrogen and oxygen atoms in total. The number of ether oxygens (including phenoxy) is 1. The Morgan fingerprint density at radius 1 is 1.27 bits per heavy atom. The van der Waals surface area contributed by atoms with Crippen LogP contribution in [0.3, 0.4) is 0 Å². The van der Waals surface area contributed by atoms with Crippen LogP contribution in [0.4, 0.5) is 17.6 Å². The van der Waals surface area contributed by atoms with E-state index >= 15 is 0 Å². The molecular formula is C16H16F4O2. The van der Waals surface area contributed by atoms with E-state index in [1.807, 2.05) is 19.9 Å². The average Bonchev–Trinajstić information content (AvgIpc) is 2.98. The third-order valence-electron chi connectivity index (χ3n) is 4.09. The zero-order chi connectivity index (χ0) is 16.7. The van der Waals surface area contributed by atoms with Crippen molar-refractivity contribution in [2.24, 2.45) is 17.3 Å². The molecule has 0 N–H and O–H groups in total. The third kappa shape index (κ3) is 2.74. The molecule has 0 saturated heterocycles. The predicted molar refractivity (Wildman–Crippen MR) is 71.8 cm³/mol. The first-order valence-electron chi connectivity index (χ1n) is 6.82. The number of hydrogen-bond donors (Lipinski definition) is 0. The average molecular weight is 316 g/mol. The molecule has 1 aliphatic rings. The zero-order valence-corrected chi connectivity index (χ0v) is 12.4. The molecule has 1 aliphatic carbocycles. The van der Waals surface area contributed by atoms with E-state index < -0.39 is 41.3 Å². The molecule has 0 radical (unpaired) electrons. The molecule has 0 bridgehead atoms. The highest BCUT2D eigenvalue weighted by Gasteiger charge is 2.61. The van der Waals surface area contributed by atoms with Gasteiger partial charge in [0.2, 0.25) is 0 Å². The maximum atomic E-state index is 13.9. The smallest absolute Gasteiger partial charge is 0.312 e. The number of halogens is 4. The number of carbonyl (C=O) groups excluding carboxylic acids is 1. The monoisotopic (exact) mass is 316 g/mol. The van der Waals surface area contributed by atoms with Gasteiger partial charge < -0.3 is 4.74 Å². The summed E-state index contributed by atoms with van der Waals surface area (Å²) in [6.07, 6.45) is 1.11. The third-order valence-corrected chi connectivity index (χ3v) is 4.09. The van der Waals surface area contributed by atoms with Crippen LogP contribution >= 0.6 is 0 Å². The highest BCUT2D eigenvalue weighted by Crippen LogP contribution is 2.59. The number of carbonyl (C=O) groups is 1. The van der Waals surface area contributed by atoms with E-state index in [0.717, 1.165) is 0 Å². The lowest BCUT2D eigenvalue weighted by Gasteiger charge is -2.12.